The van der Waals surface area contributed by atoms with Gasteiger partial charge in [-0.05, 0) is 57.6 Å². The molecule has 1 amide bonds. The number of hydrogen-bond acceptors (Lipinski definition) is 7. The molecular formula is C24H28Cl3N7O2. The van der Waals surface area contributed by atoms with Gasteiger partial charge >= 0.3 is 0 Å². The number of hydrogen-bond donors (Lipinski definition) is 3. The normalized spacial score (nSPS) is 24.6. The largest absolute Gasteiger partial charge is 0.378 e. The summed E-state index contributed by atoms with van der Waals surface area (Å²) in [6.07, 6.45) is 6.63. The number of fused-ring (bicyclic) bond motifs is 1. The van der Waals surface area contributed by atoms with Gasteiger partial charge in [0.15, 0.2) is 5.65 Å². The van der Waals surface area contributed by atoms with Crippen molar-refractivity contribution in [3.05, 3.63) is 33.4 Å². The average molecular weight is 553 g/mol. The lowest BCUT2D eigenvalue weighted by Crippen LogP contribution is -2.33. The number of rotatable bonds is 6. The van der Waals surface area contributed by atoms with Crippen LogP contribution in [0.4, 0.5) is 17.6 Å². The third kappa shape index (κ3) is 5.34. The second-order valence-corrected chi connectivity index (χ2v) is 10.8. The van der Waals surface area contributed by atoms with Crippen molar-refractivity contribution >= 4 is 69.5 Å². The Kier molecular flexibility index (Phi) is 7.44. The molecule has 0 radical (unpaired) electrons. The van der Waals surface area contributed by atoms with Crippen LogP contribution in [-0.2, 0) is 9.53 Å². The van der Waals surface area contributed by atoms with Crippen LogP contribution in [-0.4, -0.2) is 44.2 Å². The second-order valence-electron chi connectivity index (χ2n) is 9.53. The number of anilines is 3. The van der Waals surface area contributed by atoms with Gasteiger partial charge in [0.25, 0.3) is 0 Å². The summed E-state index contributed by atoms with van der Waals surface area (Å²) in [4.78, 5) is 25.9. The van der Waals surface area contributed by atoms with Crippen LogP contribution in [0.25, 0.3) is 11.2 Å². The summed E-state index contributed by atoms with van der Waals surface area (Å²) in [6, 6.07) is 3.54. The first kappa shape index (κ1) is 25.3. The smallest absolute Gasteiger partial charge is 0.224 e. The minimum atomic E-state index is -0.249. The van der Waals surface area contributed by atoms with Crippen LogP contribution in [0, 0.1) is 5.92 Å². The van der Waals surface area contributed by atoms with E-state index in [1.807, 2.05) is 0 Å². The summed E-state index contributed by atoms with van der Waals surface area (Å²) in [5.74, 6) is 0.726. The van der Waals surface area contributed by atoms with Crippen molar-refractivity contribution in [3.63, 3.8) is 0 Å². The molecule has 4 N–H and O–H groups in total. The lowest BCUT2D eigenvalue weighted by molar-refractivity contribution is -0.122. The van der Waals surface area contributed by atoms with Crippen LogP contribution in [0.1, 0.15) is 51.5 Å². The number of nitrogens with two attached hydrogens (primary N) is 1. The number of benzene rings is 1. The number of halogens is 3. The molecular weight excluding hydrogens is 525 g/mol. The van der Waals surface area contributed by atoms with Crippen LogP contribution >= 0.6 is 34.8 Å². The third-order valence-electron chi connectivity index (χ3n) is 6.96. The molecule has 0 unspecified atom stereocenters. The van der Waals surface area contributed by atoms with Gasteiger partial charge in [0.1, 0.15) is 5.52 Å². The van der Waals surface area contributed by atoms with Crippen molar-refractivity contribution in [2.24, 2.45) is 11.7 Å². The molecule has 1 aliphatic heterocycles. The van der Waals surface area contributed by atoms with E-state index in [0.29, 0.717) is 63.3 Å². The predicted molar refractivity (Wildman–Crippen MR) is 142 cm³/mol. The minimum Gasteiger partial charge on any atom is -0.378 e. The Hall–Kier alpha value is -2.33. The summed E-state index contributed by atoms with van der Waals surface area (Å²) < 4.78 is 7.72. The maximum Gasteiger partial charge on any atom is 0.224 e. The number of nitrogens with one attached hydrogen (secondary N) is 2. The Labute approximate surface area is 224 Å². The summed E-state index contributed by atoms with van der Waals surface area (Å²) in [7, 11) is 0. The molecule has 0 spiro atoms. The number of ether oxygens (including phenoxy) is 1. The number of carbonyl (C=O) groups is 1. The topological polar surface area (TPSA) is 120 Å². The lowest BCUT2D eigenvalue weighted by atomic mass is 9.85. The standard InChI is InChI=1S/C24H28Cl3N7O2/c1-12-8-15(6-7-36-12)30-23-29-11-19-22(33-23)34(16-4-2-13(3-5-16)21(28)35)24(31-19)32-20-17(26)9-14(25)10-18(20)27/h9-13,15-16H,2-8H2,1H3,(H2,28,35)(H,31,32)(H,29,30,33)/t12-,13?,15-,16?/m0/s1. The molecule has 5 rings (SSSR count). The van der Waals surface area contributed by atoms with E-state index in [-0.39, 0.29) is 30.0 Å². The minimum absolute atomic E-state index is 0.0591. The Balaban J connectivity index is 1.51. The molecule has 2 atom stereocenters. The van der Waals surface area contributed by atoms with Gasteiger partial charge < -0.3 is 21.1 Å². The van der Waals surface area contributed by atoms with Gasteiger partial charge in [0.05, 0.1) is 28.0 Å². The van der Waals surface area contributed by atoms with E-state index in [4.69, 9.17) is 55.2 Å². The second kappa shape index (κ2) is 10.6. The molecule has 0 bridgehead atoms. The zero-order chi connectivity index (χ0) is 25.4. The lowest BCUT2D eigenvalue weighted by Gasteiger charge is -2.29. The Bertz CT molecular complexity index is 1250. The molecule has 36 heavy (non-hydrogen) atoms. The number of aromatic nitrogens is 4. The molecule has 1 saturated carbocycles. The highest BCUT2D eigenvalue weighted by molar-refractivity contribution is 6.41. The highest BCUT2D eigenvalue weighted by Gasteiger charge is 2.30. The monoisotopic (exact) mass is 551 g/mol. The van der Waals surface area contributed by atoms with Gasteiger partial charge in [-0.2, -0.15) is 4.98 Å². The van der Waals surface area contributed by atoms with Crippen molar-refractivity contribution in [1.29, 1.82) is 0 Å². The first-order chi connectivity index (χ1) is 17.3. The fourth-order valence-corrected chi connectivity index (χ4v) is 6.01. The highest BCUT2D eigenvalue weighted by atomic mass is 35.5. The van der Waals surface area contributed by atoms with Crippen LogP contribution < -0.4 is 16.4 Å². The number of primary amides is 1. The van der Waals surface area contributed by atoms with E-state index >= 15 is 0 Å². The number of imidazole rings is 1. The Morgan fingerprint density at radius 2 is 1.83 bits per heavy atom. The molecule has 1 aromatic carbocycles. The predicted octanol–water partition coefficient (Wildman–Crippen LogP) is 5.73. The molecule has 12 heteroatoms. The maximum atomic E-state index is 11.7. The van der Waals surface area contributed by atoms with Crippen molar-refractivity contribution < 1.29 is 9.53 Å². The van der Waals surface area contributed by atoms with E-state index < -0.39 is 0 Å². The zero-order valence-electron chi connectivity index (χ0n) is 19.8. The fourth-order valence-electron chi connectivity index (χ4n) is 5.10. The van der Waals surface area contributed by atoms with Crippen molar-refractivity contribution in [2.45, 2.75) is 63.6 Å². The molecule has 2 aromatic heterocycles. The third-order valence-corrected chi connectivity index (χ3v) is 7.77. The fraction of sp³-hybridized carbons (Fsp3) is 0.500. The molecule has 2 aliphatic rings. The summed E-state index contributed by atoms with van der Waals surface area (Å²) >= 11 is 19.0. The first-order valence-electron chi connectivity index (χ1n) is 12.1. The number of amides is 1. The first-order valence-corrected chi connectivity index (χ1v) is 13.3. The molecule has 3 heterocycles. The molecule has 192 valence electrons. The van der Waals surface area contributed by atoms with Crippen molar-refractivity contribution in [1.82, 2.24) is 19.5 Å². The van der Waals surface area contributed by atoms with Gasteiger partial charge in [-0.15, -0.1) is 0 Å². The van der Waals surface area contributed by atoms with E-state index in [0.717, 1.165) is 25.7 Å². The summed E-state index contributed by atoms with van der Waals surface area (Å²) in [5, 5.41) is 7.96. The van der Waals surface area contributed by atoms with Crippen LogP contribution in [0.2, 0.25) is 15.1 Å². The van der Waals surface area contributed by atoms with Gasteiger partial charge in [0.2, 0.25) is 17.8 Å². The average Bonchev–Trinajstić information content (AvgIpc) is 3.18. The maximum absolute atomic E-state index is 11.7. The number of nitrogens with zero attached hydrogens (tertiary/aromatic N) is 4. The Morgan fingerprint density at radius 3 is 2.50 bits per heavy atom. The van der Waals surface area contributed by atoms with Crippen LogP contribution in [0.5, 0.6) is 0 Å². The SMILES string of the molecule is C[C@H]1C[C@@H](Nc2ncc3nc(Nc4c(Cl)cc(Cl)cc4Cl)n(C4CCC(C(N)=O)CC4)c3n2)CCO1. The highest BCUT2D eigenvalue weighted by Crippen LogP contribution is 2.40. The molecule has 9 nitrogen and oxygen atoms in total. The van der Waals surface area contributed by atoms with Crippen molar-refractivity contribution in [3.8, 4) is 0 Å². The van der Waals surface area contributed by atoms with Gasteiger partial charge in [-0.3, -0.25) is 9.36 Å². The summed E-state index contributed by atoms with van der Waals surface area (Å²) in [6.45, 7) is 2.78. The molecule has 3 aromatic rings. The van der Waals surface area contributed by atoms with Gasteiger partial charge in [-0.1, -0.05) is 34.8 Å². The summed E-state index contributed by atoms with van der Waals surface area (Å²) in [5.41, 5.74) is 7.41. The molecule has 2 fully saturated rings. The zero-order valence-corrected chi connectivity index (χ0v) is 22.1. The van der Waals surface area contributed by atoms with E-state index in [1.54, 1.807) is 18.3 Å². The van der Waals surface area contributed by atoms with Crippen LogP contribution in [0.15, 0.2) is 18.3 Å². The van der Waals surface area contributed by atoms with Crippen molar-refractivity contribution in [2.75, 3.05) is 17.2 Å². The Morgan fingerprint density at radius 1 is 1.11 bits per heavy atom. The van der Waals surface area contributed by atoms with E-state index in [2.05, 4.69) is 27.1 Å². The molecule has 1 saturated heterocycles. The number of carbonyl (C=O) groups excluding carboxylic acids is 1. The van der Waals surface area contributed by atoms with E-state index in [1.165, 1.54) is 0 Å². The van der Waals surface area contributed by atoms with Gasteiger partial charge in [-0.25, -0.2) is 9.97 Å². The van der Waals surface area contributed by atoms with E-state index in [9.17, 15) is 4.79 Å². The van der Waals surface area contributed by atoms with Crippen LogP contribution in [0.3, 0.4) is 0 Å². The quantitative estimate of drug-likeness (QED) is 0.357. The van der Waals surface area contributed by atoms with Gasteiger partial charge in [0, 0.05) is 29.6 Å². The molecule has 1 aliphatic carbocycles.